The van der Waals surface area contributed by atoms with Crippen molar-refractivity contribution in [1.82, 2.24) is 24.0 Å². The van der Waals surface area contributed by atoms with Gasteiger partial charge >= 0.3 is 0 Å². The van der Waals surface area contributed by atoms with E-state index in [1.165, 1.54) is 10.4 Å². The Morgan fingerprint density at radius 2 is 1.74 bits per heavy atom. The van der Waals surface area contributed by atoms with Crippen LogP contribution in [0.25, 0.3) is 11.0 Å². The van der Waals surface area contributed by atoms with Gasteiger partial charge in [-0.2, -0.15) is 9.40 Å². The van der Waals surface area contributed by atoms with Crippen LogP contribution in [0.3, 0.4) is 0 Å². The molecule has 2 aromatic heterocycles. The molecule has 0 bridgehead atoms. The monoisotopic (exact) mass is 497 g/mol. The number of aromatic nitrogens is 3. The molecule has 3 aliphatic rings. The molecule has 1 aromatic carbocycles. The molecule has 35 heavy (non-hydrogen) atoms. The summed E-state index contributed by atoms with van der Waals surface area (Å²) in [6, 6.07) is 6.59. The third kappa shape index (κ3) is 3.82. The molecule has 10 nitrogen and oxygen atoms in total. The van der Waals surface area contributed by atoms with Crippen LogP contribution < -0.4 is 9.47 Å². The van der Waals surface area contributed by atoms with Gasteiger partial charge in [-0.15, -0.1) is 0 Å². The van der Waals surface area contributed by atoms with Crippen LogP contribution in [0.4, 0.5) is 0 Å². The highest BCUT2D eigenvalue weighted by molar-refractivity contribution is 7.89. The number of fused-ring (bicyclic) bond motifs is 2. The largest absolute Gasteiger partial charge is 0.486 e. The number of benzene rings is 1. The highest BCUT2D eigenvalue weighted by Crippen LogP contribution is 2.40. The number of carbonyl (C=O) groups excluding carboxylic acids is 1. The van der Waals surface area contributed by atoms with E-state index >= 15 is 0 Å². The highest BCUT2D eigenvalue weighted by atomic mass is 32.2. The number of sulfonamides is 1. The van der Waals surface area contributed by atoms with E-state index in [1.807, 2.05) is 20.0 Å². The van der Waals surface area contributed by atoms with E-state index in [0.29, 0.717) is 49.3 Å². The summed E-state index contributed by atoms with van der Waals surface area (Å²) in [6.45, 7) is 3.78. The third-order valence-corrected chi connectivity index (χ3v) is 8.79. The number of amides is 1. The number of piperazine rings is 1. The standard InChI is InChI=1S/C24H27N5O5S/c1-15-22-18(14-19(16-3-4-16)25-23(22)27(2)26-15)24(30)28-7-9-29(10-8-28)35(31,32)17-5-6-20-21(13-17)34-12-11-33-20/h5-6,13-14,16H,3-4,7-12H2,1-2H3. The molecule has 0 atom stereocenters. The lowest BCUT2D eigenvalue weighted by Gasteiger charge is -2.34. The number of rotatable bonds is 4. The molecule has 1 saturated carbocycles. The molecule has 2 fully saturated rings. The molecule has 0 N–H and O–H groups in total. The minimum Gasteiger partial charge on any atom is -0.486 e. The minimum absolute atomic E-state index is 0.105. The van der Waals surface area contributed by atoms with Crippen LogP contribution in [-0.4, -0.2) is 77.7 Å². The Kier molecular flexibility index (Phi) is 5.22. The predicted molar refractivity (Wildman–Crippen MR) is 127 cm³/mol. The van der Waals surface area contributed by atoms with Gasteiger partial charge in [0.1, 0.15) is 13.2 Å². The van der Waals surface area contributed by atoms with Crippen molar-refractivity contribution >= 4 is 27.0 Å². The van der Waals surface area contributed by atoms with Gasteiger partial charge in [-0.1, -0.05) is 0 Å². The number of carbonyl (C=O) groups is 1. The maximum Gasteiger partial charge on any atom is 0.254 e. The normalized spacial score (nSPS) is 18.7. The Balaban J connectivity index is 1.23. The fraction of sp³-hybridized carbons (Fsp3) is 0.458. The molecule has 0 spiro atoms. The summed E-state index contributed by atoms with van der Waals surface area (Å²) < 4.78 is 40.8. The Morgan fingerprint density at radius 3 is 2.46 bits per heavy atom. The summed E-state index contributed by atoms with van der Waals surface area (Å²) in [7, 11) is -1.88. The molecule has 11 heteroatoms. The highest BCUT2D eigenvalue weighted by Gasteiger charge is 2.34. The van der Waals surface area contributed by atoms with Crippen molar-refractivity contribution in [3.05, 3.63) is 41.2 Å². The van der Waals surface area contributed by atoms with Gasteiger partial charge in [-0.3, -0.25) is 9.48 Å². The number of ether oxygens (including phenoxy) is 2. The van der Waals surface area contributed by atoms with E-state index in [4.69, 9.17) is 14.5 Å². The molecule has 1 amide bonds. The molecule has 184 valence electrons. The van der Waals surface area contributed by atoms with Crippen LogP contribution in [0, 0.1) is 6.92 Å². The molecule has 6 rings (SSSR count). The second-order valence-electron chi connectivity index (χ2n) is 9.28. The molecule has 0 radical (unpaired) electrons. The predicted octanol–water partition coefficient (Wildman–Crippen LogP) is 2.07. The van der Waals surface area contributed by atoms with Crippen molar-refractivity contribution in [3.63, 3.8) is 0 Å². The number of hydrogen-bond acceptors (Lipinski definition) is 7. The molecule has 0 unspecified atom stereocenters. The van der Waals surface area contributed by atoms with Gasteiger partial charge in [0.2, 0.25) is 10.0 Å². The van der Waals surface area contributed by atoms with Crippen LogP contribution in [0.5, 0.6) is 11.5 Å². The van der Waals surface area contributed by atoms with Crippen molar-refractivity contribution in [2.45, 2.75) is 30.6 Å². The van der Waals surface area contributed by atoms with Gasteiger partial charge in [0.15, 0.2) is 17.1 Å². The van der Waals surface area contributed by atoms with Crippen LogP contribution >= 0.6 is 0 Å². The lowest BCUT2D eigenvalue weighted by atomic mass is 10.1. The van der Waals surface area contributed by atoms with Gasteiger partial charge in [-0.05, 0) is 38.0 Å². The number of aryl methyl sites for hydroxylation is 2. The van der Waals surface area contributed by atoms with Crippen LogP contribution in [-0.2, 0) is 17.1 Å². The quantitative estimate of drug-likeness (QED) is 0.543. The van der Waals surface area contributed by atoms with E-state index in [0.717, 1.165) is 35.3 Å². The first-order chi connectivity index (χ1) is 16.8. The second kappa shape index (κ2) is 8.20. The summed E-state index contributed by atoms with van der Waals surface area (Å²) >= 11 is 0. The summed E-state index contributed by atoms with van der Waals surface area (Å²) in [5, 5.41) is 5.26. The number of hydrogen-bond donors (Lipinski definition) is 0. The van der Waals surface area contributed by atoms with Crippen molar-refractivity contribution in [2.24, 2.45) is 7.05 Å². The van der Waals surface area contributed by atoms with Gasteiger partial charge in [-0.25, -0.2) is 13.4 Å². The first-order valence-corrected chi connectivity index (χ1v) is 13.3. The smallest absolute Gasteiger partial charge is 0.254 e. The van der Waals surface area contributed by atoms with Crippen LogP contribution in [0.1, 0.15) is 40.5 Å². The summed E-state index contributed by atoms with van der Waals surface area (Å²) in [5.74, 6) is 1.28. The lowest BCUT2D eigenvalue weighted by Crippen LogP contribution is -2.50. The average Bonchev–Trinajstić information content (AvgIpc) is 3.68. The topological polar surface area (TPSA) is 107 Å². The first kappa shape index (κ1) is 22.3. The van der Waals surface area contributed by atoms with Crippen molar-refractivity contribution < 1.29 is 22.7 Å². The van der Waals surface area contributed by atoms with Crippen molar-refractivity contribution in [1.29, 1.82) is 0 Å². The van der Waals surface area contributed by atoms with E-state index in [-0.39, 0.29) is 23.9 Å². The maximum atomic E-state index is 13.6. The van der Waals surface area contributed by atoms with E-state index in [2.05, 4.69) is 5.10 Å². The first-order valence-electron chi connectivity index (χ1n) is 11.9. The number of nitrogens with zero attached hydrogens (tertiary/aromatic N) is 5. The SMILES string of the molecule is Cc1nn(C)c2nc(C3CC3)cc(C(=O)N3CCN(S(=O)(=O)c4ccc5c(c4)OCCO5)CC3)c12. The molecular weight excluding hydrogens is 470 g/mol. The third-order valence-electron chi connectivity index (χ3n) is 6.89. The zero-order valence-corrected chi connectivity index (χ0v) is 20.5. The van der Waals surface area contributed by atoms with Crippen molar-refractivity contribution in [2.75, 3.05) is 39.4 Å². The minimum atomic E-state index is -3.72. The summed E-state index contributed by atoms with van der Waals surface area (Å²) in [6.07, 6.45) is 2.17. The van der Waals surface area contributed by atoms with E-state index in [9.17, 15) is 13.2 Å². The summed E-state index contributed by atoms with van der Waals surface area (Å²) in [4.78, 5) is 20.3. The van der Waals surface area contributed by atoms with Gasteiger partial charge in [0, 0.05) is 50.9 Å². The fourth-order valence-corrected chi connectivity index (χ4v) is 6.29. The lowest BCUT2D eigenvalue weighted by molar-refractivity contribution is 0.0699. The van der Waals surface area contributed by atoms with Crippen LogP contribution in [0.2, 0.25) is 0 Å². The van der Waals surface area contributed by atoms with E-state index < -0.39 is 10.0 Å². The van der Waals surface area contributed by atoms with Gasteiger partial charge in [0.05, 0.1) is 21.5 Å². The Morgan fingerprint density at radius 1 is 1.03 bits per heavy atom. The molecule has 1 saturated heterocycles. The Bertz CT molecular complexity index is 1440. The molecule has 1 aliphatic carbocycles. The zero-order valence-electron chi connectivity index (χ0n) is 19.7. The maximum absolute atomic E-state index is 13.6. The fourth-order valence-electron chi connectivity index (χ4n) is 4.86. The molecule has 4 heterocycles. The number of pyridine rings is 1. The molecule has 2 aliphatic heterocycles. The second-order valence-corrected chi connectivity index (χ2v) is 11.2. The van der Waals surface area contributed by atoms with E-state index in [1.54, 1.807) is 21.7 Å². The Labute approximate surface area is 203 Å². The molecule has 3 aromatic rings. The summed E-state index contributed by atoms with van der Waals surface area (Å²) in [5.41, 5.74) is 3.02. The van der Waals surface area contributed by atoms with Gasteiger partial charge in [0.25, 0.3) is 5.91 Å². The van der Waals surface area contributed by atoms with Gasteiger partial charge < -0.3 is 14.4 Å². The Hall–Kier alpha value is -3.18. The van der Waals surface area contributed by atoms with Crippen molar-refractivity contribution in [3.8, 4) is 11.5 Å². The zero-order chi connectivity index (χ0) is 24.3. The van der Waals surface area contributed by atoms with Crippen LogP contribution in [0.15, 0.2) is 29.2 Å². The molecular formula is C24H27N5O5S. The average molecular weight is 498 g/mol.